The molecule has 78 valence electrons. The molecule has 0 aromatic carbocycles. The molecular weight excluding hydrogens is 190 g/mol. The average Bonchev–Trinajstić information content (AvgIpc) is 2.05. The summed E-state index contributed by atoms with van der Waals surface area (Å²) in [5.41, 5.74) is 0. The Morgan fingerprint density at radius 1 is 1.38 bits per heavy atom. The maximum atomic E-state index is 12.3. The molecular formula is C7H11F4NO. The highest BCUT2D eigenvalue weighted by atomic mass is 19.3. The second-order valence-electron chi connectivity index (χ2n) is 2.95. The highest BCUT2D eigenvalue weighted by Gasteiger charge is 2.44. The van der Waals surface area contributed by atoms with Gasteiger partial charge in [-0.1, -0.05) is 0 Å². The Hall–Kier alpha value is -0.360. The Morgan fingerprint density at radius 2 is 2.08 bits per heavy atom. The number of hydrogen-bond donors (Lipinski definition) is 1. The summed E-state index contributed by atoms with van der Waals surface area (Å²) in [6.07, 6.45) is -7.81. The lowest BCUT2D eigenvalue weighted by atomic mass is 10.1. The van der Waals surface area contributed by atoms with Gasteiger partial charge in [-0.3, -0.25) is 0 Å². The largest absolute Gasteiger partial charge is 0.416 e. The second kappa shape index (κ2) is 4.23. The van der Waals surface area contributed by atoms with Gasteiger partial charge < -0.3 is 10.1 Å². The predicted molar refractivity (Wildman–Crippen MR) is 37.9 cm³/mol. The first-order valence-electron chi connectivity index (χ1n) is 4.07. The van der Waals surface area contributed by atoms with Gasteiger partial charge >= 0.3 is 12.5 Å². The van der Waals surface area contributed by atoms with E-state index >= 15 is 0 Å². The zero-order valence-corrected chi connectivity index (χ0v) is 6.90. The van der Waals surface area contributed by atoms with E-state index in [0.717, 1.165) is 6.54 Å². The normalized spacial score (nSPS) is 25.2. The van der Waals surface area contributed by atoms with Crippen molar-refractivity contribution in [3.63, 3.8) is 0 Å². The van der Waals surface area contributed by atoms with Crippen LogP contribution in [-0.2, 0) is 4.74 Å². The molecule has 1 aliphatic heterocycles. The minimum absolute atomic E-state index is 0.211. The van der Waals surface area contributed by atoms with Gasteiger partial charge in [-0.25, -0.2) is 8.78 Å². The number of piperidine rings is 1. The highest BCUT2D eigenvalue weighted by Crippen LogP contribution is 2.27. The first kappa shape index (κ1) is 10.7. The zero-order chi connectivity index (χ0) is 9.90. The second-order valence-corrected chi connectivity index (χ2v) is 2.95. The molecule has 0 aliphatic carbocycles. The van der Waals surface area contributed by atoms with Gasteiger partial charge in [0.05, 0.1) is 6.10 Å². The van der Waals surface area contributed by atoms with E-state index in [1.807, 2.05) is 0 Å². The number of nitrogens with one attached hydrogen (secondary N) is 1. The summed E-state index contributed by atoms with van der Waals surface area (Å²) in [5, 5.41) is 2.79. The minimum Gasteiger partial charge on any atom is -0.314 e. The number of ether oxygens (including phenoxy) is 1. The Morgan fingerprint density at radius 3 is 2.54 bits per heavy atom. The summed E-state index contributed by atoms with van der Waals surface area (Å²) in [6, 6.07) is 0. The van der Waals surface area contributed by atoms with E-state index in [1.54, 1.807) is 0 Å². The van der Waals surface area contributed by atoms with E-state index in [1.165, 1.54) is 0 Å². The van der Waals surface area contributed by atoms with E-state index in [2.05, 4.69) is 10.1 Å². The van der Waals surface area contributed by atoms with Crippen LogP contribution in [0.4, 0.5) is 17.6 Å². The SMILES string of the molecule is FC(F)C(F)(F)OC1CCCNC1. The van der Waals surface area contributed by atoms with Crippen LogP contribution in [0.2, 0.25) is 0 Å². The molecule has 0 amide bonds. The number of halogens is 4. The quantitative estimate of drug-likeness (QED) is 0.700. The van der Waals surface area contributed by atoms with Gasteiger partial charge in [-0.2, -0.15) is 8.78 Å². The van der Waals surface area contributed by atoms with Crippen LogP contribution in [0.25, 0.3) is 0 Å². The molecule has 0 radical (unpaired) electrons. The molecule has 1 rings (SSSR count). The third kappa shape index (κ3) is 3.11. The molecule has 0 saturated carbocycles. The topological polar surface area (TPSA) is 21.3 Å². The lowest BCUT2D eigenvalue weighted by molar-refractivity contribution is -0.319. The van der Waals surface area contributed by atoms with E-state index in [-0.39, 0.29) is 6.54 Å². The van der Waals surface area contributed by atoms with Crippen LogP contribution < -0.4 is 5.32 Å². The fraction of sp³-hybridized carbons (Fsp3) is 1.00. The van der Waals surface area contributed by atoms with Crippen LogP contribution >= 0.6 is 0 Å². The van der Waals surface area contributed by atoms with E-state index in [9.17, 15) is 17.6 Å². The first-order chi connectivity index (χ1) is 6.02. The lowest BCUT2D eigenvalue weighted by Crippen LogP contribution is -2.42. The molecule has 1 atom stereocenters. The molecule has 1 unspecified atom stereocenters. The maximum absolute atomic E-state index is 12.3. The standard InChI is InChI=1S/C7H11F4NO/c8-6(9)7(10,11)13-5-2-1-3-12-4-5/h5-6,12H,1-4H2. The summed E-state index contributed by atoms with van der Waals surface area (Å²) in [7, 11) is 0. The predicted octanol–water partition coefficient (Wildman–Crippen LogP) is 1.61. The summed E-state index contributed by atoms with van der Waals surface area (Å²) >= 11 is 0. The van der Waals surface area contributed by atoms with Crippen molar-refractivity contribution >= 4 is 0 Å². The number of alkyl halides is 4. The van der Waals surface area contributed by atoms with Gasteiger partial charge in [-0.15, -0.1) is 0 Å². The van der Waals surface area contributed by atoms with Crippen LogP contribution in [0.3, 0.4) is 0 Å². The van der Waals surface area contributed by atoms with E-state index < -0.39 is 18.6 Å². The summed E-state index contributed by atoms with van der Waals surface area (Å²) in [5.74, 6) is 0. The maximum Gasteiger partial charge on any atom is 0.416 e. The van der Waals surface area contributed by atoms with Crippen LogP contribution in [0.15, 0.2) is 0 Å². The molecule has 1 aliphatic rings. The Labute approximate surface area is 73.2 Å². The van der Waals surface area contributed by atoms with Gasteiger partial charge in [0, 0.05) is 6.54 Å². The molecule has 1 saturated heterocycles. The molecule has 0 bridgehead atoms. The van der Waals surface area contributed by atoms with Gasteiger partial charge in [0.25, 0.3) is 0 Å². The van der Waals surface area contributed by atoms with Crippen LogP contribution in [-0.4, -0.2) is 31.7 Å². The molecule has 0 spiro atoms. The summed E-state index contributed by atoms with van der Waals surface area (Å²) < 4.78 is 52.0. The van der Waals surface area contributed by atoms with Gasteiger partial charge in [0.15, 0.2) is 0 Å². The molecule has 0 aromatic rings. The Kier molecular flexibility index (Phi) is 3.49. The smallest absolute Gasteiger partial charge is 0.314 e. The third-order valence-electron chi connectivity index (χ3n) is 1.83. The van der Waals surface area contributed by atoms with Crippen molar-refractivity contribution in [2.24, 2.45) is 0 Å². The number of rotatable bonds is 3. The van der Waals surface area contributed by atoms with Crippen molar-refractivity contribution in [3.8, 4) is 0 Å². The van der Waals surface area contributed by atoms with Crippen molar-refractivity contribution in [1.82, 2.24) is 5.32 Å². The Bertz CT molecular complexity index is 159. The molecule has 13 heavy (non-hydrogen) atoms. The number of hydrogen-bond acceptors (Lipinski definition) is 2. The molecule has 1 heterocycles. The van der Waals surface area contributed by atoms with Crippen molar-refractivity contribution in [2.75, 3.05) is 13.1 Å². The van der Waals surface area contributed by atoms with Crippen LogP contribution in [0.5, 0.6) is 0 Å². The monoisotopic (exact) mass is 201 g/mol. The van der Waals surface area contributed by atoms with Gasteiger partial charge in [-0.05, 0) is 19.4 Å². The fourth-order valence-corrected chi connectivity index (χ4v) is 1.19. The summed E-state index contributed by atoms with van der Waals surface area (Å²) in [6.45, 7) is 0.933. The lowest BCUT2D eigenvalue weighted by Gasteiger charge is -2.27. The molecule has 6 heteroatoms. The summed E-state index contributed by atoms with van der Waals surface area (Å²) in [4.78, 5) is 0. The highest BCUT2D eigenvalue weighted by molar-refractivity contribution is 4.71. The zero-order valence-electron chi connectivity index (χ0n) is 6.90. The molecule has 1 N–H and O–H groups in total. The van der Waals surface area contributed by atoms with E-state index in [0.29, 0.717) is 12.8 Å². The van der Waals surface area contributed by atoms with Crippen molar-refractivity contribution < 1.29 is 22.3 Å². The fourth-order valence-electron chi connectivity index (χ4n) is 1.19. The Balaban J connectivity index is 2.37. The van der Waals surface area contributed by atoms with Crippen molar-refractivity contribution in [3.05, 3.63) is 0 Å². The molecule has 0 aromatic heterocycles. The molecule has 2 nitrogen and oxygen atoms in total. The molecule has 1 fully saturated rings. The van der Waals surface area contributed by atoms with Crippen molar-refractivity contribution in [2.45, 2.75) is 31.5 Å². The van der Waals surface area contributed by atoms with Gasteiger partial charge in [0.2, 0.25) is 0 Å². The third-order valence-corrected chi connectivity index (χ3v) is 1.83. The first-order valence-corrected chi connectivity index (χ1v) is 4.07. The minimum atomic E-state index is -4.32. The van der Waals surface area contributed by atoms with Gasteiger partial charge in [0.1, 0.15) is 0 Å². The van der Waals surface area contributed by atoms with Crippen molar-refractivity contribution in [1.29, 1.82) is 0 Å². The van der Waals surface area contributed by atoms with Crippen LogP contribution in [0, 0.1) is 0 Å². The van der Waals surface area contributed by atoms with E-state index in [4.69, 9.17) is 0 Å². The average molecular weight is 201 g/mol. The van der Waals surface area contributed by atoms with Crippen LogP contribution in [0.1, 0.15) is 12.8 Å².